The van der Waals surface area contributed by atoms with Crippen molar-refractivity contribution in [2.45, 2.75) is 20.3 Å². The molecule has 1 N–H and O–H groups in total. The maximum Gasteiger partial charge on any atom is 0.353 e. The van der Waals surface area contributed by atoms with Crippen LogP contribution in [0.15, 0.2) is 29.3 Å². The van der Waals surface area contributed by atoms with Crippen molar-refractivity contribution in [1.82, 2.24) is 0 Å². The van der Waals surface area contributed by atoms with E-state index in [1.807, 2.05) is 0 Å². The summed E-state index contributed by atoms with van der Waals surface area (Å²) in [5, 5.41) is 8.76. The summed E-state index contributed by atoms with van der Waals surface area (Å²) in [4.78, 5) is 37.4. The van der Waals surface area contributed by atoms with Crippen LogP contribution in [0.2, 0.25) is 0 Å². The molecule has 0 fully saturated rings. The number of carboxylic acids is 1. The van der Waals surface area contributed by atoms with Crippen molar-refractivity contribution < 1.29 is 24.2 Å². The lowest BCUT2D eigenvalue weighted by atomic mass is 10.1. The first kappa shape index (κ1) is 15.6. The van der Waals surface area contributed by atoms with Gasteiger partial charge in [0.1, 0.15) is 5.71 Å². The van der Waals surface area contributed by atoms with E-state index in [1.165, 1.54) is 19.1 Å². The van der Waals surface area contributed by atoms with E-state index in [0.29, 0.717) is 11.3 Å². The van der Waals surface area contributed by atoms with Crippen LogP contribution in [0, 0.1) is 0 Å². The average molecular weight is 277 g/mol. The molecule has 0 heterocycles. The lowest BCUT2D eigenvalue weighted by Crippen LogP contribution is -2.20. The molecule has 1 aromatic rings. The lowest BCUT2D eigenvalue weighted by molar-refractivity contribution is -0.139. The molecule has 0 unspecified atom stereocenters. The molecule has 6 heteroatoms. The van der Waals surface area contributed by atoms with Gasteiger partial charge in [-0.25, -0.2) is 9.79 Å². The van der Waals surface area contributed by atoms with Crippen molar-refractivity contribution >= 4 is 29.1 Å². The summed E-state index contributed by atoms with van der Waals surface area (Å²) in [6, 6.07) is 6.20. The predicted octanol–water partition coefficient (Wildman–Crippen LogP) is 2.00. The van der Waals surface area contributed by atoms with Gasteiger partial charge >= 0.3 is 11.9 Å². The van der Waals surface area contributed by atoms with Crippen molar-refractivity contribution in [2.24, 2.45) is 4.99 Å². The maximum absolute atomic E-state index is 11.6. The number of aliphatic imine (C=N–C) groups is 1. The summed E-state index contributed by atoms with van der Waals surface area (Å²) in [6.45, 7) is 3.20. The Bertz CT molecular complexity index is 545. The Balaban J connectivity index is 3.02. The zero-order valence-corrected chi connectivity index (χ0v) is 11.3. The van der Waals surface area contributed by atoms with Crippen molar-refractivity contribution in [3.63, 3.8) is 0 Å². The molecule has 0 bridgehead atoms. The van der Waals surface area contributed by atoms with Gasteiger partial charge in [0.05, 0.1) is 18.7 Å². The lowest BCUT2D eigenvalue weighted by Gasteiger charge is -2.04. The van der Waals surface area contributed by atoms with Crippen LogP contribution in [-0.2, 0) is 14.3 Å². The van der Waals surface area contributed by atoms with Crippen LogP contribution < -0.4 is 0 Å². The Morgan fingerprint density at radius 3 is 2.25 bits per heavy atom. The number of ketones is 1. The Kier molecular flexibility index (Phi) is 5.58. The standard InChI is InChI=1S/C14H15NO5/c1-3-20-14(19)12(8-13(17)18)15-11-6-4-10(5-7-11)9(2)16/h4-7H,3,8H2,1-2H3,(H,17,18). The van der Waals surface area contributed by atoms with E-state index in [4.69, 9.17) is 9.84 Å². The fourth-order valence-corrected chi connectivity index (χ4v) is 1.44. The summed E-state index contributed by atoms with van der Waals surface area (Å²) in [5.74, 6) is -2.01. The largest absolute Gasteiger partial charge is 0.481 e. The van der Waals surface area contributed by atoms with Crippen molar-refractivity contribution in [3.8, 4) is 0 Å². The number of rotatable bonds is 6. The molecule has 0 amide bonds. The zero-order chi connectivity index (χ0) is 15.1. The maximum atomic E-state index is 11.6. The fourth-order valence-electron chi connectivity index (χ4n) is 1.44. The van der Waals surface area contributed by atoms with Crippen LogP contribution in [0.3, 0.4) is 0 Å². The van der Waals surface area contributed by atoms with Crippen LogP contribution >= 0.6 is 0 Å². The number of hydrogen-bond donors (Lipinski definition) is 1. The summed E-state index contributed by atoms with van der Waals surface area (Å²) in [7, 11) is 0. The minimum atomic E-state index is -1.17. The Morgan fingerprint density at radius 1 is 1.20 bits per heavy atom. The van der Waals surface area contributed by atoms with E-state index in [0.717, 1.165) is 0 Å². The van der Waals surface area contributed by atoms with Crippen LogP contribution in [-0.4, -0.2) is 35.1 Å². The molecule has 0 radical (unpaired) electrons. The number of benzene rings is 1. The van der Waals surface area contributed by atoms with Crippen LogP contribution in [0.25, 0.3) is 0 Å². The van der Waals surface area contributed by atoms with Gasteiger partial charge in [-0.3, -0.25) is 9.59 Å². The Labute approximate surface area is 116 Å². The van der Waals surface area contributed by atoms with Gasteiger partial charge in [0, 0.05) is 5.56 Å². The predicted molar refractivity (Wildman–Crippen MR) is 72.4 cm³/mol. The number of carbonyl (C=O) groups excluding carboxylic acids is 2. The first-order valence-corrected chi connectivity index (χ1v) is 6.01. The number of nitrogens with zero attached hydrogens (tertiary/aromatic N) is 1. The second-order valence-electron chi connectivity index (χ2n) is 3.95. The number of carbonyl (C=O) groups is 3. The number of aliphatic carboxylic acids is 1. The first-order valence-electron chi connectivity index (χ1n) is 6.01. The van der Waals surface area contributed by atoms with Crippen LogP contribution in [0.1, 0.15) is 30.6 Å². The van der Waals surface area contributed by atoms with Crippen LogP contribution in [0.4, 0.5) is 5.69 Å². The smallest absolute Gasteiger partial charge is 0.353 e. The minimum absolute atomic E-state index is 0.0864. The number of esters is 1. The quantitative estimate of drug-likeness (QED) is 0.487. The summed E-state index contributed by atoms with van der Waals surface area (Å²) >= 11 is 0. The molecule has 0 saturated heterocycles. The highest BCUT2D eigenvalue weighted by Gasteiger charge is 2.16. The second-order valence-corrected chi connectivity index (χ2v) is 3.95. The molecule has 6 nitrogen and oxygen atoms in total. The molecule has 0 aliphatic carbocycles. The van der Waals surface area contributed by atoms with Gasteiger partial charge in [-0.2, -0.15) is 0 Å². The normalized spacial score (nSPS) is 11.0. The van der Waals surface area contributed by atoms with Gasteiger partial charge < -0.3 is 9.84 Å². The highest BCUT2D eigenvalue weighted by molar-refractivity contribution is 6.39. The average Bonchev–Trinajstić information content (AvgIpc) is 2.38. The summed E-state index contributed by atoms with van der Waals surface area (Å²) < 4.78 is 4.75. The molecule has 0 saturated carbocycles. The molecule has 0 aliphatic heterocycles. The third kappa shape index (κ3) is 4.64. The first-order chi connectivity index (χ1) is 9.43. The molecule has 0 aliphatic rings. The minimum Gasteiger partial charge on any atom is -0.481 e. The molecular weight excluding hydrogens is 262 g/mol. The summed E-state index contributed by atoms with van der Waals surface area (Å²) in [6.07, 6.45) is -0.521. The van der Waals surface area contributed by atoms with E-state index >= 15 is 0 Å². The number of ether oxygens (including phenoxy) is 1. The molecule has 1 aromatic carbocycles. The topological polar surface area (TPSA) is 93.0 Å². The number of Topliss-reactive ketones (excluding diaryl/α,β-unsaturated/α-hetero) is 1. The second kappa shape index (κ2) is 7.18. The van der Waals surface area contributed by atoms with Gasteiger partial charge in [0.2, 0.25) is 0 Å². The van der Waals surface area contributed by atoms with Gasteiger partial charge in [-0.05, 0) is 38.1 Å². The third-order valence-corrected chi connectivity index (χ3v) is 2.37. The van der Waals surface area contributed by atoms with E-state index in [2.05, 4.69) is 4.99 Å². The Hall–Kier alpha value is -2.50. The number of carboxylic acid groups (broad SMARTS) is 1. The SMILES string of the molecule is CCOC(=O)C(CC(=O)O)=Nc1ccc(C(C)=O)cc1. The third-order valence-electron chi connectivity index (χ3n) is 2.37. The monoisotopic (exact) mass is 277 g/mol. The molecule has 0 atom stereocenters. The fraction of sp³-hybridized carbons (Fsp3) is 0.286. The molecule has 0 spiro atoms. The van der Waals surface area contributed by atoms with E-state index in [1.54, 1.807) is 19.1 Å². The zero-order valence-electron chi connectivity index (χ0n) is 11.3. The van der Waals surface area contributed by atoms with Gasteiger partial charge in [-0.1, -0.05) is 0 Å². The molecular formula is C14H15NO5. The van der Waals surface area contributed by atoms with Gasteiger partial charge in [-0.15, -0.1) is 0 Å². The van der Waals surface area contributed by atoms with Gasteiger partial charge in [0.25, 0.3) is 0 Å². The molecule has 106 valence electrons. The van der Waals surface area contributed by atoms with Crippen molar-refractivity contribution in [2.75, 3.05) is 6.61 Å². The van der Waals surface area contributed by atoms with E-state index < -0.39 is 18.4 Å². The summed E-state index contributed by atoms with van der Waals surface area (Å²) in [5.41, 5.74) is 0.717. The molecule has 0 aromatic heterocycles. The van der Waals surface area contributed by atoms with E-state index in [-0.39, 0.29) is 18.1 Å². The van der Waals surface area contributed by atoms with Crippen LogP contribution in [0.5, 0.6) is 0 Å². The highest BCUT2D eigenvalue weighted by Crippen LogP contribution is 2.15. The Morgan fingerprint density at radius 2 is 1.80 bits per heavy atom. The highest BCUT2D eigenvalue weighted by atomic mass is 16.5. The van der Waals surface area contributed by atoms with Gasteiger partial charge in [0.15, 0.2) is 5.78 Å². The van der Waals surface area contributed by atoms with Crippen molar-refractivity contribution in [1.29, 1.82) is 0 Å². The van der Waals surface area contributed by atoms with E-state index in [9.17, 15) is 14.4 Å². The van der Waals surface area contributed by atoms with Crippen molar-refractivity contribution in [3.05, 3.63) is 29.8 Å². The molecule has 1 rings (SSSR count). The number of hydrogen-bond acceptors (Lipinski definition) is 5. The molecule has 20 heavy (non-hydrogen) atoms.